The molecule has 9 heteroatoms. The average molecular weight is 435 g/mol. The summed E-state index contributed by atoms with van der Waals surface area (Å²) >= 11 is 0. The van der Waals surface area contributed by atoms with Gasteiger partial charge in [-0.3, -0.25) is 19.7 Å². The number of carbonyl (C=O) groups excluding carboxylic acids is 2. The molecule has 5 rings (SSSR count). The Labute approximate surface area is 185 Å². The molecule has 1 atom stereocenters. The van der Waals surface area contributed by atoms with Crippen molar-refractivity contribution in [3.05, 3.63) is 52.3 Å². The van der Waals surface area contributed by atoms with Crippen molar-refractivity contribution in [1.29, 1.82) is 0 Å². The number of carbonyl (C=O) groups is 2. The highest BCUT2D eigenvalue weighted by Gasteiger charge is 2.60. The van der Waals surface area contributed by atoms with E-state index < -0.39 is 10.3 Å². The second kappa shape index (κ2) is 7.08. The third kappa shape index (κ3) is 3.06. The molecule has 0 unspecified atom stereocenters. The van der Waals surface area contributed by atoms with Gasteiger partial charge in [0.2, 0.25) is 5.95 Å². The highest BCUT2D eigenvalue weighted by Crippen LogP contribution is 2.51. The van der Waals surface area contributed by atoms with E-state index in [1.54, 1.807) is 24.5 Å². The van der Waals surface area contributed by atoms with Crippen LogP contribution in [0.15, 0.2) is 36.7 Å². The van der Waals surface area contributed by atoms with Crippen molar-refractivity contribution in [1.82, 2.24) is 9.97 Å². The molecule has 0 bridgehead atoms. The first-order valence-corrected chi connectivity index (χ1v) is 10.8. The van der Waals surface area contributed by atoms with Crippen LogP contribution >= 0.6 is 0 Å². The molecule has 1 spiro atoms. The summed E-state index contributed by atoms with van der Waals surface area (Å²) in [6.07, 6.45) is 4.19. The minimum absolute atomic E-state index is 0.0234. The van der Waals surface area contributed by atoms with Crippen LogP contribution in [-0.4, -0.2) is 52.1 Å². The van der Waals surface area contributed by atoms with Gasteiger partial charge in [0, 0.05) is 62.7 Å². The van der Waals surface area contributed by atoms with Crippen LogP contribution in [0.2, 0.25) is 0 Å². The molecule has 1 aromatic carbocycles. The SMILES string of the molecule is CC1(C)CC(=O)C2(Cc3cc([N+](=O)[O-])ccc3N3CCN(c4ncccn4)C[C@@H]32)C(=O)C1. The van der Waals surface area contributed by atoms with Crippen LogP contribution in [0.1, 0.15) is 32.3 Å². The average Bonchev–Trinajstić information content (AvgIpc) is 2.76. The lowest BCUT2D eigenvalue weighted by Crippen LogP contribution is -2.69. The minimum atomic E-state index is -1.22. The molecule has 166 valence electrons. The van der Waals surface area contributed by atoms with Gasteiger partial charge in [0.25, 0.3) is 5.69 Å². The molecule has 1 saturated heterocycles. The summed E-state index contributed by atoms with van der Waals surface area (Å²) in [6.45, 7) is 5.53. The van der Waals surface area contributed by atoms with Gasteiger partial charge in [-0.05, 0) is 29.5 Å². The largest absolute Gasteiger partial charge is 0.363 e. The maximum absolute atomic E-state index is 13.7. The van der Waals surface area contributed by atoms with Crippen LogP contribution < -0.4 is 9.80 Å². The molecule has 1 aliphatic carbocycles. The van der Waals surface area contributed by atoms with E-state index in [4.69, 9.17) is 0 Å². The first-order valence-electron chi connectivity index (χ1n) is 10.8. The summed E-state index contributed by atoms with van der Waals surface area (Å²) in [5, 5.41) is 11.4. The molecule has 2 aliphatic heterocycles. The van der Waals surface area contributed by atoms with Crippen LogP contribution in [0.4, 0.5) is 17.3 Å². The Hall–Kier alpha value is -3.36. The van der Waals surface area contributed by atoms with E-state index in [2.05, 4.69) is 14.9 Å². The molecule has 3 heterocycles. The number of benzene rings is 1. The summed E-state index contributed by atoms with van der Waals surface area (Å²) in [7, 11) is 0. The van der Waals surface area contributed by atoms with Gasteiger partial charge >= 0.3 is 0 Å². The third-order valence-electron chi connectivity index (χ3n) is 7.11. The number of hydrogen-bond acceptors (Lipinski definition) is 8. The van der Waals surface area contributed by atoms with E-state index >= 15 is 0 Å². The molecule has 0 amide bonds. The van der Waals surface area contributed by atoms with Gasteiger partial charge in [-0.25, -0.2) is 9.97 Å². The Kier molecular flexibility index (Phi) is 4.54. The Morgan fingerprint density at radius 2 is 1.75 bits per heavy atom. The third-order valence-corrected chi connectivity index (χ3v) is 7.11. The van der Waals surface area contributed by atoms with Gasteiger partial charge in [-0.2, -0.15) is 0 Å². The minimum Gasteiger partial charge on any atom is -0.363 e. The lowest BCUT2D eigenvalue weighted by molar-refractivity contribution is -0.384. The molecule has 2 fully saturated rings. The fraction of sp³-hybridized carbons (Fsp3) is 0.478. The van der Waals surface area contributed by atoms with Gasteiger partial charge in [-0.1, -0.05) is 13.8 Å². The van der Waals surface area contributed by atoms with Crippen molar-refractivity contribution in [3.8, 4) is 0 Å². The van der Waals surface area contributed by atoms with Gasteiger partial charge in [0.15, 0.2) is 0 Å². The number of anilines is 2. The van der Waals surface area contributed by atoms with Crippen molar-refractivity contribution >= 4 is 28.9 Å². The molecule has 2 aromatic rings. The van der Waals surface area contributed by atoms with Crippen molar-refractivity contribution in [2.24, 2.45) is 10.8 Å². The smallest absolute Gasteiger partial charge is 0.269 e. The number of rotatable bonds is 2. The predicted octanol–water partition coefficient (Wildman–Crippen LogP) is 2.58. The van der Waals surface area contributed by atoms with Crippen molar-refractivity contribution in [2.45, 2.75) is 39.2 Å². The highest BCUT2D eigenvalue weighted by atomic mass is 16.6. The number of fused-ring (bicyclic) bond motifs is 4. The monoisotopic (exact) mass is 435 g/mol. The topological polar surface area (TPSA) is 110 Å². The Bertz CT molecular complexity index is 1100. The number of Topliss-reactive ketones (excluding diaryl/α,β-unsaturated/α-hetero) is 2. The fourth-order valence-electron chi connectivity index (χ4n) is 5.63. The molecule has 32 heavy (non-hydrogen) atoms. The maximum Gasteiger partial charge on any atom is 0.269 e. The van der Waals surface area contributed by atoms with Crippen molar-refractivity contribution < 1.29 is 14.5 Å². The molecule has 1 aromatic heterocycles. The predicted molar refractivity (Wildman–Crippen MR) is 118 cm³/mol. The first kappa shape index (κ1) is 20.5. The standard InChI is InChI=1S/C23H25N5O4/c1-22(2)12-19(29)23(20(30)13-22)11-15-10-16(28(31)32)4-5-17(15)27-9-8-26(14-18(23)27)21-24-6-3-7-25-21/h3-7,10,18H,8-9,11-14H2,1-2H3/t18-/m1/s1. The normalized spacial score (nSPS) is 23.6. The van der Waals surface area contributed by atoms with Gasteiger partial charge in [-0.15, -0.1) is 0 Å². The summed E-state index contributed by atoms with van der Waals surface area (Å²) in [5.41, 5.74) is -0.0637. The van der Waals surface area contributed by atoms with Crippen molar-refractivity contribution in [2.75, 3.05) is 29.4 Å². The Balaban J connectivity index is 1.62. The van der Waals surface area contributed by atoms with Crippen LogP contribution in [0.25, 0.3) is 0 Å². The quantitative estimate of drug-likeness (QED) is 0.402. The molecule has 0 N–H and O–H groups in total. The molecule has 1 saturated carbocycles. The maximum atomic E-state index is 13.7. The van der Waals surface area contributed by atoms with Gasteiger partial charge in [0.05, 0.1) is 11.0 Å². The Morgan fingerprint density at radius 1 is 1.06 bits per heavy atom. The number of piperazine rings is 1. The molecular formula is C23H25N5O4. The number of hydrogen-bond donors (Lipinski definition) is 0. The van der Waals surface area contributed by atoms with Crippen LogP contribution in [0, 0.1) is 20.9 Å². The second-order valence-corrected chi connectivity index (χ2v) is 9.79. The van der Waals surface area contributed by atoms with E-state index in [9.17, 15) is 19.7 Å². The van der Waals surface area contributed by atoms with E-state index in [0.717, 1.165) is 5.69 Å². The number of nitro benzene ring substituents is 1. The zero-order valence-corrected chi connectivity index (χ0v) is 18.2. The highest BCUT2D eigenvalue weighted by molar-refractivity contribution is 6.11. The number of aromatic nitrogens is 2. The number of non-ortho nitro benzene ring substituents is 1. The van der Waals surface area contributed by atoms with Crippen LogP contribution in [0.3, 0.4) is 0 Å². The molecular weight excluding hydrogens is 410 g/mol. The number of nitro groups is 1. The summed E-state index contributed by atoms with van der Waals surface area (Å²) in [5.74, 6) is 0.441. The molecule has 9 nitrogen and oxygen atoms in total. The van der Waals surface area contributed by atoms with E-state index in [-0.39, 0.29) is 35.1 Å². The van der Waals surface area contributed by atoms with E-state index in [1.165, 1.54) is 12.1 Å². The second-order valence-electron chi connectivity index (χ2n) is 9.79. The Morgan fingerprint density at radius 3 is 2.41 bits per heavy atom. The summed E-state index contributed by atoms with van der Waals surface area (Å²) < 4.78 is 0. The zero-order chi connectivity index (χ0) is 22.7. The van der Waals surface area contributed by atoms with Crippen LogP contribution in [0.5, 0.6) is 0 Å². The summed E-state index contributed by atoms with van der Waals surface area (Å²) in [6, 6.07) is 6.16. The van der Waals surface area contributed by atoms with E-state index in [1.807, 2.05) is 18.7 Å². The summed E-state index contributed by atoms with van der Waals surface area (Å²) in [4.78, 5) is 51.2. The van der Waals surface area contributed by atoms with Gasteiger partial charge < -0.3 is 9.80 Å². The number of nitrogens with zero attached hydrogens (tertiary/aromatic N) is 5. The fourth-order valence-corrected chi connectivity index (χ4v) is 5.63. The van der Waals surface area contributed by atoms with Gasteiger partial charge in [0.1, 0.15) is 17.0 Å². The first-order chi connectivity index (χ1) is 15.2. The molecule has 0 radical (unpaired) electrons. The lowest BCUT2D eigenvalue weighted by Gasteiger charge is -2.56. The van der Waals surface area contributed by atoms with Crippen molar-refractivity contribution in [3.63, 3.8) is 0 Å². The molecule has 3 aliphatic rings. The zero-order valence-electron chi connectivity index (χ0n) is 18.2. The van der Waals surface area contributed by atoms with Crippen LogP contribution in [-0.2, 0) is 16.0 Å². The van der Waals surface area contributed by atoms with E-state index in [0.29, 0.717) is 44.0 Å². The number of ketones is 2. The lowest BCUT2D eigenvalue weighted by atomic mass is 9.56.